The zero-order chi connectivity index (χ0) is 10.7. The molecule has 0 aliphatic heterocycles. The highest BCUT2D eigenvalue weighted by molar-refractivity contribution is 5.58. The maximum absolute atomic E-state index is 13.6. The van der Waals surface area contributed by atoms with Crippen molar-refractivity contribution in [2.24, 2.45) is 0 Å². The van der Waals surface area contributed by atoms with Gasteiger partial charge in [0.2, 0.25) is 0 Å². The maximum atomic E-state index is 13.6. The number of nitrogens with zero attached hydrogens (tertiary/aromatic N) is 1. The van der Waals surface area contributed by atoms with E-state index in [-0.39, 0.29) is 12.2 Å². The Balaban J connectivity index is 2.40. The highest BCUT2D eigenvalue weighted by atomic mass is 19.1. The molecule has 0 bridgehead atoms. The van der Waals surface area contributed by atoms with Crippen LogP contribution in [0.2, 0.25) is 0 Å². The first-order chi connectivity index (χ1) is 7.31. The molecule has 1 heterocycles. The quantitative estimate of drug-likeness (QED) is 0.748. The van der Waals surface area contributed by atoms with E-state index in [9.17, 15) is 4.39 Å². The van der Waals surface area contributed by atoms with Gasteiger partial charge in [-0.3, -0.25) is 0 Å². The average molecular weight is 201 g/mol. The first-order valence-corrected chi connectivity index (χ1v) is 4.50. The lowest BCUT2D eigenvalue weighted by atomic mass is 10.1. The Kier molecular flexibility index (Phi) is 2.51. The van der Waals surface area contributed by atoms with Crippen LogP contribution in [-0.4, -0.2) is 0 Å². The largest absolute Gasteiger partial charge is 0.464 e. The van der Waals surface area contributed by atoms with Gasteiger partial charge in [0.05, 0.1) is 24.3 Å². The third kappa shape index (κ3) is 1.89. The predicted octanol–water partition coefficient (Wildman–Crippen LogP) is 3.15. The topological polar surface area (TPSA) is 36.9 Å². The molecular formula is C12H8FNO. The van der Waals surface area contributed by atoms with E-state index in [0.29, 0.717) is 16.9 Å². The third-order valence-electron chi connectivity index (χ3n) is 2.10. The van der Waals surface area contributed by atoms with Crippen molar-refractivity contribution in [3.05, 3.63) is 48.0 Å². The minimum absolute atomic E-state index is 0.218. The van der Waals surface area contributed by atoms with Crippen LogP contribution in [-0.2, 0) is 6.42 Å². The number of hydrogen-bond donors (Lipinski definition) is 0. The number of nitriles is 1. The molecule has 0 aliphatic carbocycles. The van der Waals surface area contributed by atoms with Crippen LogP contribution in [0.3, 0.4) is 0 Å². The third-order valence-corrected chi connectivity index (χ3v) is 2.10. The second kappa shape index (κ2) is 3.97. The van der Waals surface area contributed by atoms with Crippen LogP contribution >= 0.6 is 0 Å². The van der Waals surface area contributed by atoms with E-state index >= 15 is 0 Å². The molecule has 0 aliphatic rings. The molecule has 1 aromatic carbocycles. The molecule has 0 atom stereocenters. The van der Waals surface area contributed by atoms with E-state index in [1.165, 1.54) is 12.3 Å². The van der Waals surface area contributed by atoms with Gasteiger partial charge in [0.25, 0.3) is 0 Å². The van der Waals surface area contributed by atoms with E-state index < -0.39 is 0 Å². The van der Waals surface area contributed by atoms with Gasteiger partial charge in [0.15, 0.2) is 0 Å². The van der Waals surface area contributed by atoms with Crippen molar-refractivity contribution in [3.8, 4) is 17.4 Å². The molecule has 0 saturated carbocycles. The molecular weight excluding hydrogens is 193 g/mol. The van der Waals surface area contributed by atoms with Crippen molar-refractivity contribution < 1.29 is 8.81 Å². The molecule has 3 heteroatoms. The first-order valence-electron chi connectivity index (χ1n) is 4.50. The van der Waals surface area contributed by atoms with Crippen molar-refractivity contribution in [1.29, 1.82) is 5.26 Å². The second-order valence-corrected chi connectivity index (χ2v) is 3.13. The molecule has 0 N–H and O–H groups in total. The lowest BCUT2D eigenvalue weighted by Crippen LogP contribution is -1.87. The molecule has 0 unspecified atom stereocenters. The fraction of sp³-hybridized carbons (Fsp3) is 0.0833. The summed E-state index contributed by atoms with van der Waals surface area (Å²) in [4.78, 5) is 0. The van der Waals surface area contributed by atoms with Crippen molar-refractivity contribution in [1.82, 2.24) is 0 Å². The van der Waals surface area contributed by atoms with Gasteiger partial charge < -0.3 is 4.42 Å². The molecule has 15 heavy (non-hydrogen) atoms. The second-order valence-electron chi connectivity index (χ2n) is 3.13. The van der Waals surface area contributed by atoms with E-state index in [1.54, 1.807) is 24.3 Å². The van der Waals surface area contributed by atoms with E-state index in [4.69, 9.17) is 9.68 Å². The Morgan fingerprint density at radius 2 is 2.20 bits per heavy atom. The highest BCUT2D eigenvalue weighted by Crippen LogP contribution is 2.23. The van der Waals surface area contributed by atoms with Gasteiger partial charge in [-0.25, -0.2) is 4.39 Å². The molecule has 0 fully saturated rings. The molecule has 2 rings (SSSR count). The highest BCUT2D eigenvalue weighted by Gasteiger charge is 2.07. The van der Waals surface area contributed by atoms with Gasteiger partial charge in [-0.15, -0.1) is 0 Å². The summed E-state index contributed by atoms with van der Waals surface area (Å²) in [7, 11) is 0. The molecule has 2 aromatic rings. The zero-order valence-corrected chi connectivity index (χ0v) is 7.90. The number of hydrogen-bond acceptors (Lipinski definition) is 2. The summed E-state index contributed by atoms with van der Waals surface area (Å²) < 4.78 is 18.7. The standard InChI is InChI=1S/C12H8FNO/c13-11-8-9(5-6-14)3-4-10(11)12-2-1-7-15-12/h1-4,7-8H,5H2. The Labute approximate surface area is 86.6 Å². The maximum Gasteiger partial charge on any atom is 0.136 e. The Bertz CT molecular complexity index is 497. The number of benzene rings is 1. The van der Waals surface area contributed by atoms with Crippen LogP contribution in [0.15, 0.2) is 41.0 Å². The van der Waals surface area contributed by atoms with Crippen LogP contribution in [0.4, 0.5) is 4.39 Å². The molecule has 0 spiro atoms. The average Bonchev–Trinajstić information content (AvgIpc) is 2.71. The van der Waals surface area contributed by atoms with Gasteiger partial charge in [-0.2, -0.15) is 5.26 Å². The van der Waals surface area contributed by atoms with Gasteiger partial charge >= 0.3 is 0 Å². The summed E-state index contributed by atoms with van der Waals surface area (Å²) in [5.74, 6) is 0.133. The Morgan fingerprint density at radius 1 is 1.33 bits per heavy atom. The molecule has 0 saturated heterocycles. The predicted molar refractivity (Wildman–Crippen MR) is 53.4 cm³/mol. The van der Waals surface area contributed by atoms with E-state index in [2.05, 4.69) is 0 Å². The Morgan fingerprint density at radius 3 is 2.80 bits per heavy atom. The monoisotopic (exact) mass is 201 g/mol. The summed E-state index contributed by atoms with van der Waals surface area (Å²) in [6.45, 7) is 0. The summed E-state index contributed by atoms with van der Waals surface area (Å²) >= 11 is 0. The summed E-state index contributed by atoms with van der Waals surface area (Å²) in [5, 5.41) is 8.47. The van der Waals surface area contributed by atoms with Crippen molar-refractivity contribution in [2.75, 3.05) is 0 Å². The first kappa shape index (κ1) is 9.47. The minimum Gasteiger partial charge on any atom is -0.464 e. The summed E-state index contributed by atoms with van der Waals surface area (Å²) in [5.41, 5.74) is 1.09. The number of rotatable bonds is 2. The smallest absolute Gasteiger partial charge is 0.136 e. The number of halogens is 1. The van der Waals surface area contributed by atoms with Gasteiger partial charge in [-0.05, 0) is 29.8 Å². The van der Waals surface area contributed by atoms with Crippen LogP contribution in [0, 0.1) is 17.1 Å². The molecule has 1 aromatic heterocycles. The van der Waals surface area contributed by atoms with Gasteiger partial charge in [-0.1, -0.05) is 6.07 Å². The minimum atomic E-state index is -0.363. The summed E-state index contributed by atoms with van der Waals surface area (Å²) in [6.07, 6.45) is 1.72. The van der Waals surface area contributed by atoms with Crippen molar-refractivity contribution in [2.45, 2.75) is 6.42 Å². The summed E-state index contributed by atoms with van der Waals surface area (Å²) in [6, 6.07) is 10.1. The normalized spacial score (nSPS) is 9.87. The van der Waals surface area contributed by atoms with Crippen molar-refractivity contribution in [3.63, 3.8) is 0 Å². The molecule has 0 radical (unpaired) electrons. The van der Waals surface area contributed by atoms with Crippen LogP contribution < -0.4 is 0 Å². The molecule has 74 valence electrons. The van der Waals surface area contributed by atoms with Crippen LogP contribution in [0.5, 0.6) is 0 Å². The SMILES string of the molecule is N#CCc1ccc(-c2ccco2)c(F)c1. The fourth-order valence-electron chi connectivity index (χ4n) is 1.39. The Hall–Kier alpha value is -2.08. The van der Waals surface area contributed by atoms with Crippen molar-refractivity contribution >= 4 is 0 Å². The van der Waals surface area contributed by atoms with Crippen LogP contribution in [0.25, 0.3) is 11.3 Å². The van der Waals surface area contributed by atoms with Gasteiger partial charge in [0, 0.05) is 0 Å². The van der Waals surface area contributed by atoms with E-state index in [1.807, 2.05) is 6.07 Å². The fourth-order valence-corrected chi connectivity index (χ4v) is 1.39. The number of furan rings is 1. The van der Waals surface area contributed by atoms with Crippen LogP contribution in [0.1, 0.15) is 5.56 Å². The van der Waals surface area contributed by atoms with E-state index in [0.717, 1.165) is 0 Å². The van der Waals surface area contributed by atoms with Gasteiger partial charge in [0.1, 0.15) is 11.6 Å². The lowest BCUT2D eigenvalue weighted by Gasteiger charge is -2.01. The zero-order valence-electron chi connectivity index (χ0n) is 7.90. The molecule has 2 nitrogen and oxygen atoms in total. The molecule has 0 amide bonds. The lowest BCUT2D eigenvalue weighted by molar-refractivity contribution is 0.569.